The second kappa shape index (κ2) is 6.95. The number of fused-ring (bicyclic) bond motifs is 3. The standard InChI is InChI=1S/C23H25N3O/c1-4-20-22-13-8-14-25(22)21-12-6-5-10-18(21)15-26(20)23(27)24-19-11-7-9-16(2)17(19)3/h5-14,20H,4,15H2,1-3H3,(H,24,27). The number of amides is 2. The lowest BCUT2D eigenvalue weighted by atomic mass is 10.1. The molecule has 1 atom stereocenters. The molecule has 0 bridgehead atoms. The van der Waals surface area contributed by atoms with Crippen molar-refractivity contribution in [2.45, 2.75) is 39.8 Å². The lowest BCUT2D eigenvalue weighted by molar-refractivity contribution is 0.181. The Morgan fingerprint density at radius 1 is 1.07 bits per heavy atom. The average molecular weight is 359 g/mol. The molecular formula is C23H25N3O. The molecule has 1 N–H and O–H groups in total. The van der Waals surface area contributed by atoms with E-state index in [0.717, 1.165) is 34.6 Å². The number of nitrogens with one attached hydrogen (secondary N) is 1. The summed E-state index contributed by atoms with van der Waals surface area (Å²) in [7, 11) is 0. The van der Waals surface area contributed by atoms with Gasteiger partial charge in [0.05, 0.1) is 18.3 Å². The third kappa shape index (κ3) is 3.01. The number of hydrogen-bond acceptors (Lipinski definition) is 1. The Morgan fingerprint density at radius 2 is 1.89 bits per heavy atom. The third-order valence-corrected chi connectivity index (χ3v) is 5.58. The average Bonchev–Trinajstić information content (AvgIpc) is 3.10. The van der Waals surface area contributed by atoms with Crippen molar-refractivity contribution in [2.75, 3.05) is 5.32 Å². The van der Waals surface area contributed by atoms with Crippen LogP contribution in [0.2, 0.25) is 0 Å². The van der Waals surface area contributed by atoms with E-state index in [1.165, 1.54) is 5.56 Å². The van der Waals surface area contributed by atoms with E-state index in [4.69, 9.17) is 0 Å². The second-order valence-electron chi connectivity index (χ2n) is 7.16. The Hall–Kier alpha value is -3.01. The maximum Gasteiger partial charge on any atom is 0.322 e. The van der Waals surface area contributed by atoms with Gasteiger partial charge in [-0.25, -0.2) is 4.79 Å². The van der Waals surface area contributed by atoms with Crippen LogP contribution < -0.4 is 5.32 Å². The van der Waals surface area contributed by atoms with Crippen LogP contribution in [0.15, 0.2) is 60.8 Å². The summed E-state index contributed by atoms with van der Waals surface area (Å²) in [4.78, 5) is 15.3. The SMILES string of the molecule is CCC1c2cccn2-c2ccccc2CN1C(=O)Nc1cccc(C)c1C. The van der Waals surface area contributed by atoms with E-state index < -0.39 is 0 Å². The molecule has 1 aliphatic heterocycles. The van der Waals surface area contributed by atoms with Gasteiger partial charge < -0.3 is 14.8 Å². The lowest BCUT2D eigenvalue weighted by Crippen LogP contribution is -2.37. The Morgan fingerprint density at radius 3 is 2.70 bits per heavy atom. The highest BCUT2D eigenvalue weighted by atomic mass is 16.2. The summed E-state index contributed by atoms with van der Waals surface area (Å²) >= 11 is 0. The van der Waals surface area contributed by atoms with Gasteiger partial charge in [-0.3, -0.25) is 0 Å². The number of urea groups is 1. The minimum absolute atomic E-state index is 0.0255. The zero-order valence-corrected chi connectivity index (χ0v) is 16.1. The summed E-state index contributed by atoms with van der Waals surface area (Å²) in [5, 5.41) is 3.14. The van der Waals surface area contributed by atoms with Crippen molar-refractivity contribution in [2.24, 2.45) is 0 Å². The van der Waals surface area contributed by atoms with Crippen molar-refractivity contribution in [3.05, 3.63) is 83.2 Å². The molecule has 138 valence electrons. The van der Waals surface area contributed by atoms with E-state index in [-0.39, 0.29) is 12.1 Å². The van der Waals surface area contributed by atoms with Gasteiger partial charge in [0, 0.05) is 17.6 Å². The number of hydrogen-bond donors (Lipinski definition) is 1. The Balaban J connectivity index is 1.74. The molecular weight excluding hydrogens is 334 g/mol. The van der Waals surface area contributed by atoms with Crippen LogP contribution in [-0.2, 0) is 6.54 Å². The van der Waals surface area contributed by atoms with Gasteiger partial charge >= 0.3 is 6.03 Å². The topological polar surface area (TPSA) is 37.3 Å². The van der Waals surface area contributed by atoms with Gasteiger partial charge in [-0.05, 0) is 61.2 Å². The van der Waals surface area contributed by atoms with Crippen LogP contribution in [0.25, 0.3) is 5.69 Å². The summed E-state index contributed by atoms with van der Waals surface area (Å²) < 4.78 is 2.22. The van der Waals surface area contributed by atoms with Crippen LogP contribution in [0.3, 0.4) is 0 Å². The maximum absolute atomic E-state index is 13.3. The molecule has 4 heteroatoms. The smallest absolute Gasteiger partial charge is 0.318 e. The molecule has 1 aliphatic rings. The van der Waals surface area contributed by atoms with E-state index in [0.29, 0.717) is 6.54 Å². The summed E-state index contributed by atoms with van der Waals surface area (Å²) in [6.07, 6.45) is 2.95. The van der Waals surface area contributed by atoms with Gasteiger partial charge in [-0.15, -0.1) is 0 Å². The van der Waals surface area contributed by atoms with Gasteiger partial charge in [-0.1, -0.05) is 37.3 Å². The van der Waals surface area contributed by atoms with E-state index in [9.17, 15) is 4.79 Å². The number of anilines is 1. The number of benzene rings is 2. The molecule has 4 nitrogen and oxygen atoms in total. The number of aryl methyl sites for hydroxylation is 1. The van der Waals surface area contributed by atoms with E-state index in [2.05, 4.69) is 66.3 Å². The predicted molar refractivity (Wildman–Crippen MR) is 109 cm³/mol. The first-order chi connectivity index (χ1) is 13.1. The van der Waals surface area contributed by atoms with Crippen LogP contribution in [0.5, 0.6) is 0 Å². The fraction of sp³-hybridized carbons (Fsp3) is 0.261. The van der Waals surface area contributed by atoms with E-state index in [1.807, 2.05) is 30.0 Å². The van der Waals surface area contributed by atoms with Crippen LogP contribution in [-0.4, -0.2) is 15.5 Å². The quantitative estimate of drug-likeness (QED) is 0.636. The molecule has 1 aromatic heterocycles. The van der Waals surface area contributed by atoms with Gasteiger partial charge in [0.15, 0.2) is 0 Å². The van der Waals surface area contributed by atoms with Crippen LogP contribution in [0.4, 0.5) is 10.5 Å². The maximum atomic E-state index is 13.3. The monoisotopic (exact) mass is 359 g/mol. The van der Waals surface area contributed by atoms with Gasteiger partial charge in [0.2, 0.25) is 0 Å². The Kier molecular flexibility index (Phi) is 4.48. The highest BCUT2D eigenvalue weighted by Crippen LogP contribution is 2.34. The first kappa shape index (κ1) is 17.4. The third-order valence-electron chi connectivity index (χ3n) is 5.58. The zero-order valence-electron chi connectivity index (χ0n) is 16.1. The molecule has 0 spiro atoms. The molecule has 2 heterocycles. The van der Waals surface area contributed by atoms with Crippen molar-refractivity contribution in [3.63, 3.8) is 0 Å². The number of para-hydroxylation sites is 1. The van der Waals surface area contributed by atoms with Crippen molar-refractivity contribution in [1.82, 2.24) is 9.47 Å². The Bertz CT molecular complexity index is 989. The Labute approximate surface area is 160 Å². The molecule has 0 saturated heterocycles. The number of carbonyl (C=O) groups is 1. The van der Waals surface area contributed by atoms with Crippen LogP contribution >= 0.6 is 0 Å². The lowest BCUT2D eigenvalue weighted by Gasteiger charge is -2.30. The molecule has 1 unspecified atom stereocenters. The highest BCUT2D eigenvalue weighted by molar-refractivity contribution is 5.90. The van der Waals surface area contributed by atoms with Crippen LogP contribution in [0, 0.1) is 13.8 Å². The minimum atomic E-state index is -0.0556. The molecule has 27 heavy (non-hydrogen) atoms. The summed E-state index contributed by atoms with van der Waals surface area (Å²) in [6, 6.07) is 18.5. The summed E-state index contributed by atoms with van der Waals surface area (Å²) in [5.41, 5.74) is 6.62. The van der Waals surface area contributed by atoms with Crippen molar-refractivity contribution in [1.29, 1.82) is 0 Å². The van der Waals surface area contributed by atoms with Crippen molar-refractivity contribution < 1.29 is 4.79 Å². The van der Waals surface area contributed by atoms with Gasteiger partial charge in [0.1, 0.15) is 0 Å². The molecule has 0 radical (unpaired) electrons. The normalized spacial score (nSPS) is 15.7. The van der Waals surface area contributed by atoms with Crippen molar-refractivity contribution in [3.8, 4) is 5.69 Å². The number of rotatable bonds is 2. The second-order valence-corrected chi connectivity index (χ2v) is 7.16. The van der Waals surface area contributed by atoms with Crippen LogP contribution in [0.1, 0.15) is 41.8 Å². The number of carbonyl (C=O) groups excluding carboxylic acids is 1. The van der Waals surface area contributed by atoms with Crippen molar-refractivity contribution >= 4 is 11.7 Å². The summed E-state index contributed by atoms with van der Waals surface area (Å²) in [5.74, 6) is 0. The molecule has 2 amide bonds. The zero-order chi connectivity index (χ0) is 19.0. The largest absolute Gasteiger partial charge is 0.322 e. The number of aromatic nitrogens is 1. The first-order valence-electron chi connectivity index (χ1n) is 9.49. The van der Waals surface area contributed by atoms with Gasteiger partial charge in [-0.2, -0.15) is 0 Å². The predicted octanol–water partition coefficient (Wildman–Crippen LogP) is 5.59. The van der Waals surface area contributed by atoms with Gasteiger partial charge in [0.25, 0.3) is 0 Å². The molecule has 0 fully saturated rings. The fourth-order valence-electron chi connectivity index (χ4n) is 3.93. The van der Waals surface area contributed by atoms with E-state index in [1.54, 1.807) is 0 Å². The summed E-state index contributed by atoms with van der Waals surface area (Å²) in [6.45, 7) is 6.84. The van der Waals surface area contributed by atoms with E-state index >= 15 is 0 Å². The highest BCUT2D eigenvalue weighted by Gasteiger charge is 2.30. The molecule has 4 rings (SSSR count). The number of nitrogens with zero attached hydrogens (tertiary/aromatic N) is 2. The fourth-order valence-corrected chi connectivity index (χ4v) is 3.93. The molecule has 0 aliphatic carbocycles. The molecule has 0 saturated carbocycles. The molecule has 3 aromatic rings. The molecule has 2 aromatic carbocycles. The minimum Gasteiger partial charge on any atom is -0.318 e. The first-order valence-corrected chi connectivity index (χ1v) is 9.49.